The lowest BCUT2D eigenvalue weighted by Crippen LogP contribution is -2.30. The first-order chi connectivity index (χ1) is 14.0. The molecule has 7 heteroatoms. The Labute approximate surface area is 184 Å². The summed E-state index contributed by atoms with van der Waals surface area (Å²) in [6.45, 7) is 7.07. The van der Waals surface area contributed by atoms with Gasteiger partial charge in [-0.05, 0) is 77.7 Å². The molecule has 5 nitrogen and oxygen atoms in total. The molecular weight excluding hydrogens is 452 g/mol. The Morgan fingerprint density at radius 2 is 1.86 bits per heavy atom. The molecule has 1 fully saturated rings. The molecule has 2 N–H and O–H groups in total. The fourth-order valence-corrected chi connectivity index (χ4v) is 4.48. The van der Waals surface area contributed by atoms with Crippen molar-refractivity contribution >= 4 is 45.4 Å². The number of halogens is 1. The number of carbonyl (C=O) groups excluding carboxylic acids is 1. The van der Waals surface area contributed by atoms with Gasteiger partial charge in [0, 0.05) is 5.69 Å². The average molecular weight is 477 g/mol. The molecule has 0 aliphatic carbocycles. The van der Waals surface area contributed by atoms with Crippen molar-refractivity contribution in [3.05, 3.63) is 56.9 Å². The maximum absolute atomic E-state index is 12.4. The van der Waals surface area contributed by atoms with Crippen LogP contribution in [0, 0.1) is 0 Å². The van der Waals surface area contributed by atoms with Crippen molar-refractivity contribution < 1.29 is 14.3 Å². The van der Waals surface area contributed by atoms with E-state index in [-0.39, 0.29) is 11.4 Å². The van der Waals surface area contributed by atoms with E-state index in [0.717, 1.165) is 22.1 Å². The second kappa shape index (κ2) is 10.1. The number of nitrogens with one attached hydrogen (secondary N) is 2. The van der Waals surface area contributed by atoms with E-state index in [1.54, 1.807) is 0 Å². The number of ether oxygens (including phenoxy) is 2. The Morgan fingerprint density at radius 3 is 2.52 bits per heavy atom. The molecule has 1 amide bonds. The third-order valence-electron chi connectivity index (χ3n) is 4.31. The molecule has 1 aliphatic rings. The van der Waals surface area contributed by atoms with Gasteiger partial charge in [-0.1, -0.05) is 30.8 Å². The number of hydrogen-bond donors (Lipinski definition) is 2. The number of aryl methyl sites for hydroxylation is 1. The van der Waals surface area contributed by atoms with E-state index < -0.39 is 0 Å². The predicted octanol–water partition coefficient (Wildman–Crippen LogP) is 5.41. The molecular formula is C22H25BrN2O3S. The molecule has 0 spiro atoms. The Morgan fingerprint density at radius 1 is 1.14 bits per heavy atom. The van der Waals surface area contributed by atoms with Gasteiger partial charge in [-0.2, -0.15) is 0 Å². The van der Waals surface area contributed by atoms with E-state index in [1.165, 1.54) is 17.3 Å². The highest BCUT2D eigenvalue weighted by atomic mass is 79.9. The van der Waals surface area contributed by atoms with E-state index >= 15 is 0 Å². The number of rotatable bonds is 8. The van der Waals surface area contributed by atoms with Crippen molar-refractivity contribution in [2.45, 2.75) is 32.7 Å². The minimum atomic E-state index is -0.210. The molecule has 0 saturated carbocycles. The number of carbonyl (C=O) groups is 1. The summed E-state index contributed by atoms with van der Waals surface area (Å²) in [5.74, 6) is 1.24. The Hall–Kier alpha value is -2.12. The van der Waals surface area contributed by atoms with Gasteiger partial charge in [0.2, 0.25) is 0 Å². The van der Waals surface area contributed by atoms with Gasteiger partial charge in [0.05, 0.1) is 22.6 Å². The molecule has 3 rings (SSSR count). The highest BCUT2D eigenvalue weighted by molar-refractivity contribution is 9.10. The fourth-order valence-electron chi connectivity index (χ4n) is 2.92. The molecule has 154 valence electrons. The van der Waals surface area contributed by atoms with E-state index in [2.05, 4.69) is 45.6 Å². The molecule has 0 aromatic heterocycles. The number of amides is 1. The zero-order valence-electron chi connectivity index (χ0n) is 16.8. The fraction of sp³-hybridized carbons (Fsp3) is 0.318. The van der Waals surface area contributed by atoms with Gasteiger partial charge in [-0.25, -0.2) is 0 Å². The van der Waals surface area contributed by atoms with E-state index in [1.807, 2.05) is 44.2 Å². The number of anilines is 1. The van der Waals surface area contributed by atoms with Gasteiger partial charge in [0.1, 0.15) is 0 Å². The van der Waals surface area contributed by atoms with Crippen LogP contribution in [0.3, 0.4) is 0 Å². The zero-order valence-corrected chi connectivity index (χ0v) is 19.2. The maximum atomic E-state index is 12.4. The summed E-state index contributed by atoms with van der Waals surface area (Å²) < 4.78 is 12.2. The van der Waals surface area contributed by atoms with Crippen LogP contribution in [-0.4, -0.2) is 24.6 Å². The number of thioether (sulfide) groups is 1. The van der Waals surface area contributed by atoms with Crippen LogP contribution >= 0.6 is 27.7 Å². The van der Waals surface area contributed by atoms with Crippen LogP contribution in [0.1, 0.15) is 31.9 Å². The summed E-state index contributed by atoms with van der Waals surface area (Å²) in [5.41, 5.74) is 2.92. The van der Waals surface area contributed by atoms with Gasteiger partial charge in [0.25, 0.3) is 5.91 Å². The number of benzene rings is 2. The first-order valence-electron chi connectivity index (χ1n) is 9.67. The molecule has 0 bridgehead atoms. The topological polar surface area (TPSA) is 59.6 Å². The molecule has 0 radical (unpaired) electrons. The van der Waals surface area contributed by atoms with Crippen molar-refractivity contribution in [1.82, 2.24) is 5.32 Å². The van der Waals surface area contributed by atoms with Crippen LogP contribution in [0.25, 0.3) is 6.08 Å². The lowest BCUT2D eigenvalue weighted by Gasteiger charge is -2.14. The van der Waals surface area contributed by atoms with Crippen LogP contribution in [0.2, 0.25) is 0 Å². The van der Waals surface area contributed by atoms with Crippen LogP contribution < -0.4 is 20.1 Å². The SMILES string of the molecule is CCOc1cc(/C=C2\S[C@@H](Nc3ccc(CC)cc3)NC2=O)cc(Br)c1OCC. The first kappa shape index (κ1) is 21.6. The highest BCUT2D eigenvalue weighted by Crippen LogP contribution is 2.38. The summed E-state index contributed by atoms with van der Waals surface area (Å²) in [6.07, 6.45) is 2.87. The Balaban J connectivity index is 1.76. The van der Waals surface area contributed by atoms with Gasteiger partial charge < -0.3 is 20.1 Å². The normalized spacial score (nSPS) is 17.3. The predicted molar refractivity (Wildman–Crippen MR) is 123 cm³/mol. The Bertz CT molecular complexity index is 900. The largest absolute Gasteiger partial charge is 0.490 e. The molecule has 1 atom stereocenters. The van der Waals surface area contributed by atoms with Crippen LogP contribution in [0.5, 0.6) is 11.5 Å². The quantitative estimate of drug-likeness (QED) is 0.498. The molecule has 29 heavy (non-hydrogen) atoms. The van der Waals surface area contributed by atoms with E-state index in [9.17, 15) is 4.79 Å². The zero-order chi connectivity index (χ0) is 20.8. The van der Waals surface area contributed by atoms with Crippen LogP contribution in [-0.2, 0) is 11.2 Å². The lowest BCUT2D eigenvalue weighted by atomic mass is 10.1. The molecule has 1 saturated heterocycles. The smallest absolute Gasteiger partial charge is 0.260 e. The molecule has 2 aromatic carbocycles. The van der Waals surface area contributed by atoms with Gasteiger partial charge in [0.15, 0.2) is 17.0 Å². The summed E-state index contributed by atoms with van der Waals surface area (Å²) in [7, 11) is 0. The van der Waals surface area contributed by atoms with Gasteiger partial charge in [-0.15, -0.1) is 0 Å². The Kier molecular flexibility index (Phi) is 7.50. The molecule has 1 heterocycles. The second-order valence-corrected chi connectivity index (χ2v) is 8.37. The van der Waals surface area contributed by atoms with Crippen molar-refractivity contribution in [2.24, 2.45) is 0 Å². The number of hydrogen-bond acceptors (Lipinski definition) is 5. The maximum Gasteiger partial charge on any atom is 0.260 e. The highest BCUT2D eigenvalue weighted by Gasteiger charge is 2.27. The summed E-state index contributed by atoms with van der Waals surface area (Å²) >= 11 is 5.01. The summed E-state index contributed by atoms with van der Waals surface area (Å²) in [6, 6.07) is 12.1. The van der Waals surface area contributed by atoms with Crippen molar-refractivity contribution in [1.29, 1.82) is 0 Å². The third-order valence-corrected chi connectivity index (χ3v) is 5.93. The first-order valence-corrected chi connectivity index (χ1v) is 11.3. The van der Waals surface area contributed by atoms with Gasteiger partial charge in [-0.3, -0.25) is 4.79 Å². The van der Waals surface area contributed by atoms with Crippen LogP contribution in [0.15, 0.2) is 45.8 Å². The van der Waals surface area contributed by atoms with Gasteiger partial charge >= 0.3 is 0 Å². The molecule has 1 aliphatic heterocycles. The van der Waals surface area contributed by atoms with Crippen molar-refractivity contribution in [3.8, 4) is 11.5 Å². The minimum Gasteiger partial charge on any atom is -0.490 e. The lowest BCUT2D eigenvalue weighted by molar-refractivity contribution is -0.116. The van der Waals surface area contributed by atoms with Crippen molar-refractivity contribution in [2.75, 3.05) is 18.5 Å². The average Bonchev–Trinajstić information content (AvgIpc) is 3.04. The van der Waals surface area contributed by atoms with E-state index in [0.29, 0.717) is 29.6 Å². The van der Waals surface area contributed by atoms with E-state index in [4.69, 9.17) is 9.47 Å². The minimum absolute atomic E-state index is 0.0966. The molecule has 0 unspecified atom stereocenters. The van der Waals surface area contributed by atoms with Crippen molar-refractivity contribution in [3.63, 3.8) is 0 Å². The second-order valence-electron chi connectivity index (χ2n) is 6.37. The monoisotopic (exact) mass is 476 g/mol. The third kappa shape index (κ3) is 5.48. The van der Waals surface area contributed by atoms with Crippen LogP contribution in [0.4, 0.5) is 5.69 Å². The standard InChI is InChI=1S/C22H25BrN2O3S/c1-4-14-7-9-16(10-8-14)24-22-25-21(26)19(29-22)13-15-11-17(23)20(28-6-3)18(12-15)27-5-2/h7-13,22,24H,4-6H2,1-3H3,(H,25,26)/b19-13-/t22-/m0/s1. The summed E-state index contributed by atoms with van der Waals surface area (Å²) in [4.78, 5) is 13.1. The molecule has 2 aromatic rings. The summed E-state index contributed by atoms with van der Waals surface area (Å²) in [5, 5.41) is 6.31.